The fraction of sp³-hybridized carbons (Fsp3) is 0.500. The second-order valence-electron chi connectivity index (χ2n) is 5.60. The third kappa shape index (κ3) is 4.04. The summed E-state index contributed by atoms with van der Waals surface area (Å²) in [7, 11) is 1.89. The summed E-state index contributed by atoms with van der Waals surface area (Å²) in [4.78, 5) is 18.4. The zero-order valence-electron chi connectivity index (χ0n) is 12.4. The number of fused-ring (bicyclic) bond motifs is 1. The van der Waals surface area contributed by atoms with Crippen molar-refractivity contribution in [3.8, 4) is 0 Å². The predicted molar refractivity (Wildman–Crippen MR) is 85.0 cm³/mol. The van der Waals surface area contributed by atoms with Crippen molar-refractivity contribution in [3.05, 3.63) is 29.3 Å². The highest BCUT2D eigenvalue weighted by Crippen LogP contribution is 2.22. The van der Waals surface area contributed by atoms with Crippen molar-refractivity contribution < 1.29 is 4.79 Å². The average Bonchev–Trinajstić information content (AvgIpc) is 2.80. The van der Waals surface area contributed by atoms with E-state index < -0.39 is 0 Å². The lowest BCUT2D eigenvalue weighted by Crippen LogP contribution is -2.30. The Bertz CT molecular complexity index is 544. The standard InChI is InChI=1S/C16H22N2OS/c1-12(2)11-18(3)16(19)10-6-9-15-17-13-7-4-5-8-14(13)20-15/h4-5,7-8,12H,6,9-11H2,1-3H3. The van der Waals surface area contributed by atoms with Crippen LogP contribution in [0.25, 0.3) is 10.2 Å². The Hall–Kier alpha value is -1.42. The van der Waals surface area contributed by atoms with Crippen LogP contribution < -0.4 is 0 Å². The van der Waals surface area contributed by atoms with Crippen LogP contribution >= 0.6 is 11.3 Å². The van der Waals surface area contributed by atoms with Crippen molar-refractivity contribution >= 4 is 27.5 Å². The van der Waals surface area contributed by atoms with Gasteiger partial charge in [0.1, 0.15) is 0 Å². The number of carbonyl (C=O) groups is 1. The van der Waals surface area contributed by atoms with E-state index in [1.807, 2.05) is 30.1 Å². The van der Waals surface area contributed by atoms with Crippen LogP contribution in [0.4, 0.5) is 0 Å². The van der Waals surface area contributed by atoms with E-state index in [4.69, 9.17) is 0 Å². The van der Waals surface area contributed by atoms with E-state index in [0.29, 0.717) is 12.3 Å². The van der Waals surface area contributed by atoms with Crippen LogP contribution in [-0.4, -0.2) is 29.4 Å². The second-order valence-corrected chi connectivity index (χ2v) is 6.71. The average molecular weight is 290 g/mol. The fourth-order valence-electron chi connectivity index (χ4n) is 2.26. The molecule has 2 aromatic rings. The Morgan fingerprint density at radius 2 is 2.10 bits per heavy atom. The maximum Gasteiger partial charge on any atom is 0.222 e. The maximum atomic E-state index is 11.9. The van der Waals surface area contributed by atoms with Gasteiger partial charge in [-0.3, -0.25) is 4.79 Å². The lowest BCUT2D eigenvalue weighted by molar-refractivity contribution is -0.130. The highest BCUT2D eigenvalue weighted by molar-refractivity contribution is 7.18. The molecule has 4 heteroatoms. The molecular weight excluding hydrogens is 268 g/mol. The molecule has 108 valence electrons. The molecule has 2 rings (SSSR count). The highest BCUT2D eigenvalue weighted by atomic mass is 32.1. The minimum atomic E-state index is 0.236. The molecule has 3 nitrogen and oxygen atoms in total. The van der Waals surface area contributed by atoms with Crippen molar-refractivity contribution in [1.29, 1.82) is 0 Å². The normalized spacial score (nSPS) is 11.2. The lowest BCUT2D eigenvalue weighted by Gasteiger charge is -2.19. The van der Waals surface area contributed by atoms with Gasteiger partial charge in [0.2, 0.25) is 5.91 Å². The van der Waals surface area contributed by atoms with Gasteiger partial charge < -0.3 is 4.90 Å². The minimum Gasteiger partial charge on any atom is -0.346 e. The Morgan fingerprint density at radius 3 is 2.80 bits per heavy atom. The molecule has 0 saturated carbocycles. The molecule has 0 aliphatic heterocycles. The molecule has 0 aliphatic carbocycles. The first-order chi connectivity index (χ1) is 9.56. The number of carbonyl (C=O) groups excluding carboxylic acids is 1. The van der Waals surface area contributed by atoms with E-state index in [0.717, 1.165) is 29.9 Å². The van der Waals surface area contributed by atoms with Gasteiger partial charge in [-0.05, 0) is 30.9 Å². The van der Waals surface area contributed by atoms with Gasteiger partial charge in [-0.2, -0.15) is 0 Å². The van der Waals surface area contributed by atoms with Crippen molar-refractivity contribution in [2.75, 3.05) is 13.6 Å². The van der Waals surface area contributed by atoms with Crippen molar-refractivity contribution in [3.63, 3.8) is 0 Å². The summed E-state index contributed by atoms with van der Waals surface area (Å²) in [6, 6.07) is 8.18. The quantitative estimate of drug-likeness (QED) is 0.812. The predicted octanol–water partition coefficient (Wildman–Crippen LogP) is 3.73. The van der Waals surface area contributed by atoms with Crippen LogP contribution in [0, 0.1) is 5.92 Å². The van der Waals surface area contributed by atoms with E-state index in [9.17, 15) is 4.79 Å². The molecule has 0 aliphatic rings. The van der Waals surface area contributed by atoms with Crippen molar-refractivity contribution in [1.82, 2.24) is 9.88 Å². The lowest BCUT2D eigenvalue weighted by atomic mass is 10.2. The van der Waals surface area contributed by atoms with Gasteiger partial charge in [-0.1, -0.05) is 26.0 Å². The molecular formula is C16H22N2OS. The van der Waals surface area contributed by atoms with E-state index in [2.05, 4.69) is 24.9 Å². The topological polar surface area (TPSA) is 33.2 Å². The van der Waals surface area contributed by atoms with E-state index in [1.54, 1.807) is 11.3 Å². The number of benzene rings is 1. The Labute approximate surface area is 124 Å². The second kappa shape index (κ2) is 6.84. The number of aromatic nitrogens is 1. The summed E-state index contributed by atoms with van der Waals surface area (Å²) in [6.45, 7) is 5.09. The molecule has 0 atom stereocenters. The molecule has 1 aromatic carbocycles. The smallest absolute Gasteiger partial charge is 0.222 e. The van der Waals surface area contributed by atoms with Gasteiger partial charge in [0.25, 0.3) is 0 Å². The number of amides is 1. The van der Waals surface area contributed by atoms with Gasteiger partial charge in [0, 0.05) is 20.0 Å². The van der Waals surface area contributed by atoms with Gasteiger partial charge in [0.15, 0.2) is 0 Å². The first-order valence-electron chi connectivity index (χ1n) is 7.14. The number of hydrogen-bond acceptors (Lipinski definition) is 3. The third-order valence-electron chi connectivity index (χ3n) is 3.18. The third-order valence-corrected chi connectivity index (χ3v) is 4.28. The number of thiazole rings is 1. The van der Waals surface area contributed by atoms with Crippen molar-refractivity contribution in [2.24, 2.45) is 5.92 Å². The van der Waals surface area contributed by atoms with Crippen LogP contribution in [0.5, 0.6) is 0 Å². The fourth-order valence-corrected chi connectivity index (χ4v) is 3.27. The molecule has 20 heavy (non-hydrogen) atoms. The monoisotopic (exact) mass is 290 g/mol. The van der Waals surface area contributed by atoms with E-state index in [-0.39, 0.29) is 5.91 Å². The number of para-hydroxylation sites is 1. The summed E-state index contributed by atoms with van der Waals surface area (Å²) in [5.74, 6) is 0.757. The molecule has 0 fully saturated rings. The number of nitrogens with zero attached hydrogens (tertiary/aromatic N) is 2. The first kappa shape index (κ1) is 15.0. The first-order valence-corrected chi connectivity index (χ1v) is 7.96. The van der Waals surface area contributed by atoms with Crippen LogP contribution in [0.3, 0.4) is 0 Å². The summed E-state index contributed by atoms with van der Waals surface area (Å²) in [6.07, 6.45) is 2.38. The Kier molecular flexibility index (Phi) is 5.12. The number of aryl methyl sites for hydroxylation is 1. The Morgan fingerprint density at radius 1 is 1.35 bits per heavy atom. The molecule has 1 aromatic heterocycles. The molecule has 1 amide bonds. The Balaban J connectivity index is 1.82. The van der Waals surface area contributed by atoms with Crippen molar-refractivity contribution in [2.45, 2.75) is 33.1 Å². The van der Waals surface area contributed by atoms with E-state index >= 15 is 0 Å². The molecule has 0 spiro atoms. The molecule has 0 bridgehead atoms. The van der Waals surface area contributed by atoms with Gasteiger partial charge in [-0.25, -0.2) is 4.98 Å². The highest BCUT2D eigenvalue weighted by Gasteiger charge is 2.10. The zero-order valence-corrected chi connectivity index (χ0v) is 13.2. The summed E-state index contributed by atoms with van der Waals surface area (Å²) >= 11 is 1.73. The molecule has 0 N–H and O–H groups in total. The van der Waals surface area contributed by atoms with Gasteiger partial charge in [-0.15, -0.1) is 11.3 Å². The van der Waals surface area contributed by atoms with Crippen LogP contribution in [0.1, 0.15) is 31.7 Å². The minimum absolute atomic E-state index is 0.236. The largest absolute Gasteiger partial charge is 0.346 e. The molecule has 0 saturated heterocycles. The molecule has 1 heterocycles. The van der Waals surface area contributed by atoms with Crippen LogP contribution in [0.15, 0.2) is 24.3 Å². The molecule has 0 unspecified atom stereocenters. The van der Waals surface area contributed by atoms with Gasteiger partial charge >= 0.3 is 0 Å². The zero-order chi connectivity index (χ0) is 14.5. The SMILES string of the molecule is CC(C)CN(C)C(=O)CCCc1nc2ccccc2s1. The van der Waals surface area contributed by atoms with Crippen LogP contribution in [-0.2, 0) is 11.2 Å². The number of hydrogen-bond donors (Lipinski definition) is 0. The number of rotatable bonds is 6. The molecule has 0 radical (unpaired) electrons. The maximum absolute atomic E-state index is 11.9. The van der Waals surface area contributed by atoms with E-state index in [1.165, 1.54) is 4.70 Å². The summed E-state index contributed by atoms with van der Waals surface area (Å²) < 4.78 is 1.23. The van der Waals surface area contributed by atoms with Gasteiger partial charge in [0.05, 0.1) is 15.2 Å². The summed E-state index contributed by atoms with van der Waals surface area (Å²) in [5.41, 5.74) is 1.07. The summed E-state index contributed by atoms with van der Waals surface area (Å²) in [5, 5.41) is 1.13. The van der Waals surface area contributed by atoms with Crippen LogP contribution in [0.2, 0.25) is 0 Å².